The van der Waals surface area contributed by atoms with Gasteiger partial charge < -0.3 is 11.1 Å². The quantitative estimate of drug-likeness (QED) is 0.915. The van der Waals surface area contributed by atoms with Crippen LogP contribution in [0.15, 0.2) is 22.1 Å². The Hall–Kier alpha value is -1.21. The van der Waals surface area contributed by atoms with Crippen molar-refractivity contribution in [3.05, 3.63) is 32.8 Å². The van der Waals surface area contributed by atoms with E-state index in [9.17, 15) is 4.39 Å². The summed E-state index contributed by atoms with van der Waals surface area (Å²) in [5.41, 5.74) is 5.37. The van der Waals surface area contributed by atoms with E-state index in [2.05, 4.69) is 31.2 Å². The first-order chi connectivity index (χ1) is 7.65. The van der Waals surface area contributed by atoms with Crippen molar-refractivity contribution in [3.63, 3.8) is 0 Å². The van der Waals surface area contributed by atoms with Crippen molar-refractivity contribution in [2.45, 2.75) is 6.54 Å². The average molecular weight is 303 g/mol. The van der Waals surface area contributed by atoms with Gasteiger partial charge in [0, 0.05) is 4.88 Å². The highest BCUT2D eigenvalue weighted by Gasteiger charge is 2.05. The topological polar surface area (TPSA) is 63.8 Å². The van der Waals surface area contributed by atoms with Gasteiger partial charge in [-0.15, -0.1) is 11.3 Å². The van der Waals surface area contributed by atoms with E-state index in [1.807, 2.05) is 12.1 Å². The molecule has 2 heterocycles. The first-order valence-corrected chi connectivity index (χ1v) is 6.02. The van der Waals surface area contributed by atoms with Crippen LogP contribution in [-0.4, -0.2) is 9.97 Å². The van der Waals surface area contributed by atoms with E-state index in [0.29, 0.717) is 6.54 Å². The molecule has 84 valence electrons. The van der Waals surface area contributed by atoms with E-state index < -0.39 is 5.82 Å². The van der Waals surface area contributed by atoms with Crippen molar-refractivity contribution in [3.8, 4) is 0 Å². The lowest BCUT2D eigenvalue weighted by Crippen LogP contribution is -2.05. The lowest BCUT2D eigenvalue weighted by Gasteiger charge is -2.04. The number of halogens is 2. The summed E-state index contributed by atoms with van der Waals surface area (Å²) in [6.45, 7) is 0.504. The highest BCUT2D eigenvalue weighted by molar-refractivity contribution is 9.11. The van der Waals surface area contributed by atoms with Crippen molar-refractivity contribution in [1.29, 1.82) is 0 Å². The number of nitrogen functional groups attached to an aromatic ring is 1. The van der Waals surface area contributed by atoms with E-state index in [-0.39, 0.29) is 11.8 Å². The van der Waals surface area contributed by atoms with Gasteiger partial charge >= 0.3 is 0 Å². The second-order valence-corrected chi connectivity index (χ2v) is 5.53. The molecule has 0 aromatic carbocycles. The molecule has 0 amide bonds. The Morgan fingerprint density at radius 2 is 2.31 bits per heavy atom. The molecule has 3 N–H and O–H groups in total. The monoisotopic (exact) mass is 302 g/mol. The van der Waals surface area contributed by atoms with Crippen LogP contribution < -0.4 is 11.1 Å². The minimum Gasteiger partial charge on any atom is -0.368 e. The molecule has 0 saturated carbocycles. The third-order valence-electron chi connectivity index (χ3n) is 1.82. The summed E-state index contributed by atoms with van der Waals surface area (Å²) < 4.78 is 14.3. The maximum Gasteiger partial charge on any atom is 0.222 e. The molecule has 2 aromatic heterocycles. The molecule has 0 unspecified atom stereocenters. The van der Waals surface area contributed by atoms with Crippen LogP contribution in [0.5, 0.6) is 0 Å². The first kappa shape index (κ1) is 11.3. The molecule has 0 aliphatic heterocycles. The van der Waals surface area contributed by atoms with Crippen molar-refractivity contribution in [1.82, 2.24) is 9.97 Å². The molecule has 0 aliphatic carbocycles. The van der Waals surface area contributed by atoms with Crippen LogP contribution in [-0.2, 0) is 6.54 Å². The van der Waals surface area contributed by atoms with Crippen LogP contribution in [0.1, 0.15) is 4.88 Å². The fourth-order valence-corrected chi connectivity index (χ4v) is 2.55. The van der Waals surface area contributed by atoms with Gasteiger partial charge in [-0.2, -0.15) is 4.98 Å². The zero-order valence-electron chi connectivity index (χ0n) is 8.08. The molecular weight excluding hydrogens is 295 g/mol. The standard InChI is InChI=1S/C9H8BrFN4S/c10-7-2-1-5(16-7)3-13-8-6(11)4-14-9(12)15-8/h1-2,4H,3H2,(H3,12,13,14,15). The molecule has 7 heteroatoms. The molecule has 16 heavy (non-hydrogen) atoms. The summed E-state index contributed by atoms with van der Waals surface area (Å²) in [6.07, 6.45) is 1.05. The van der Waals surface area contributed by atoms with Crippen LogP contribution in [0.25, 0.3) is 0 Å². The number of thiophene rings is 1. The van der Waals surface area contributed by atoms with Crippen LogP contribution in [0.4, 0.5) is 16.2 Å². The number of rotatable bonds is 3. The number of nitrogens with two attached hydrogens (primary N) is 1. The van der Waals surface area contributed by atoms with Gasteiger partial charge in [0.1, 0.15) is 0 Å². The fraction of sp³-hybridized carbons (Fsp3) is 0.111. The number of nitrogens with zero attached hydrogens (tertiary/aromatic N) is 2. The summed E-state index contributed by atoms with van der Waals surface area (Å²) >= 11 is 4.93. The van der Waals surface area contributed by atoms with Crippen molar-refractivity contribution in [2.75, 3.05) is 11.1 Å². The molecule has 2 aromatic rings. The predicted molar refractivity (Wildman–Crippen MR) is 65.7 cm³/mol. The first-order valence-electron chi connectivity index (χ1n) is 4.41. The Balaban J connectivity index is 2.07. The van der Waals surface area contributed by atoms with Crippen molar-refractivity contribution < 1.29 is 4.39 Å². The second-order valence-electron chi connectivity index (χ2n) is 2.98. The van der Waals surface area contributed by atoms with Crippen LogP contribution in [0.2, 0.25) is 0 Å². The van der Waals surface area contributed by atoms with Gasteiger partial charge in [-0.05, 0) is 28.1 Å². The summed E-state index contributed by atoms with van der Waals surface area (Å²) in [4.78, 5) is 8.39. The lowest BCUT2D eigenvalue weighted by atomic mass is 10.4. The Morgan fingerprint density at radius 3 is 3.00 bits per heavy atom. The minimum atomic E-state index is -0.509. The highest BCUT2D eigenvalue weighted by Crippen LogP contribution is 2.23. The molecule has 2 rings (SSSR count). The van der Waals surface area contributed by atoms with Crippen LogP contribution in [0, 0.1) is 5.82 Å². The normalized spacial score (nSPS) is 10.4. The molecule has 0 spiro atoms. The summed E-state index contributed by atoms with van der Waals surface area (Å²) in [5, 5.41) is 2.87. The Bertz CT molecular complexity index is 502. The Morgan fingerprint density at radius 1 is 1.50 bits per heavy atom. The largest absolute Gasteiger partial charge is 0.368 e. The Labute approximate surface area is 104 Å². The van der Waals surface area contributed by atoms with Gasteiger partial charge in [0.25, 0.3) is 0 Å². The van der Waals surface area contributed by atoms with E-state index in [4.69, 9.17) is 5.73 Å². The van der Waals surface area contributed by atoms with Gasteiger partial charge in [-0.25, -0.2) is 9.37 Å². The van der Waals surface area contributed by atoms with Crippen LogP contribution in [0.3, 0.4) is 0 Å². The van der Waals surface area contributed by atoms with E-state index in [1.54, 1.807) is 11.3 Å². The zero-order chi connectivity index (χ0) is 11.5. The average Bonchev–Trinajstić information content (AvgIpc) is 2.66. The summed E-state index contributed by atoms with van der Waals surface area (Å²) in [6, 6.07) is 3.89. The molecule has 4 nitrogen and oxygen atoms in total. The third-order valence-corrected chi connectivity index (χ3v) is 3.45. The highest BCUT2D eigenvalue weighted by atomic mass is 79.9. The van der Waals surface area contributed by atoms with Gasteiger partial charge in [0.2, 0.25) is 5.95 Å². The smallest absolute Gasteiger partial charge is 0.222 e. The summed E-state index contributed by atoms with van der Waals surface area (Å²) in [5.74, 6) is -0.335. The number of hydrogen-bond acceptors (Lipinski definition) is 5. The van der Waals surface area contributed by atoms with Gasteiger partial charge in [0.15, 0.2) is 11.6 Å². The molecular formula is C9H8BrFN4S. The molecule has 0 saturated heterocycles. The van der Waals surface area contributed by atoms with E-state index >= 15 is 0 Å². The van der Waals surface area contributed by atoms with Crippen molar-refractivity contribution >= 4 is 39.0 Å². The summed E-state index contributed by atoms with van der Waals surface area (Å²) in [7, 11) is 0. The van der Waals surface area contributed by atoms with Gasteiger partial charge in [-0.3, -0.25) is 0 Å². The third kappa shape index (κ3) is 2.67. The zero-order valence-corrected chi connectivity index (χ0v) is 10.5. The predicted octanol–water partition coefficient (Wildman–Crippen LogP) is 2.63. The fourth-order valence-electron chi connectivity index (χ4n) is 1.12. The lowest BCUT2D eigenvalue weighted by molar-refractivity contribution is 0.617. The number of hydrogen-bond donors (Lipinski definition) is 2. The molecule has 0 bridgehead atoms. The van der Waals surface area contributed by atoms with Crippen molar-refractivity contribution in [2.24, 2.45) is 0 Å². The SMILES string of the molecule is Nc1ncc(F)c(NCc2ccc(Br)s2)n1. The number of nitrogens with one attached hydrogen (secondary N) is 1. The molecule has 0 radical (unpaired) electrons. The van der Waals surface area contributed by atoms with Gasteiger partial charge in [0.05, 0.1) is 16.5 Å². The second kappa shape index (κ2) is 4.75. The number of anilines is 2. The minimum absolute atomic E-state index is 0.0521. The molecule has 0 atom stereocenters. The Kier molecular flexibility index (Phi) is 3.35. The molecule has 0 fully saturated rings. The number of aromatic nitrogens is 2. The van der Waals surface area contributed by atoms with E-state index in [0.717, 1.165) is 14.9 Å². The van der Waals surface area contributed by atoms with Crippen LogP contribution >= 0.6 is 27.3 Å². The molecule has 0 aliphatic rings. The maximum absolute atomic E-state index is 13.2. The maximum atomic E-state index is 13.2. The van der Waals surface area contributed by atoms with Gasteiger partial charge in [-0.1, -0.05) is 0 Å². The van der Waals surface area contributed by atoms with E-state index in [1.165, 1.54) is 0 Å².